The number of esters is 2. The van der Waals surface area contributed by atoms with Crippen LogP contribution in [-0.4, -0.2) is 36.9 Å². The predicted octanol–water partition coefficient (Wildman–Crippen LogP) is 10.7. The summed E-state index contributed by atoms with van der Waals surface area (Å²) in [7, 11) is 0. The lowest BCUT2D eigenvalue weighted by atomic mass is 9.67. The van der Waals surface area contributed by atoms with E-state index in [1.165, 1.54) is 48.9 Å². The number of aryl methyl sites for hydroxylation is 2. The molecule has 7 heteroatoms. The Morgan fingerprint density at radius 2 is 1.51 bits per heavy atom. The molecule has 2 saturated carbocycles. The van der Waals surface area contributed by atoms with Crippen LogP contribution in [0.5, 0.6) is 0 Å². The summed E-state index contributed by atoms with van der Waals surface area (Å²) in [5.41, 5.74) is 3.33. The zero-order valence-corrected chi connectivity index (χ0v) is 31.8. The van der Waals surface area contributed by atoms with Crippen molar-refractivity contribution in [1.29, 1.82) is 0 Å². The minimum absolute atomic E-state index is 0.0839. The molecule has 1 atom stereocenters. The van der Waals surface area contributed by atoms with Gasteiger partial charge in [-0.1, -0.05) is 64.3 Å². The highest BCUT2D eigenvalue weighted by atomic mass is 19.1. The third-order valence-electron chi connectivity index (χ3n) is 11.6. The second-order valence-corrected chi connectivity index (χ2v) is 16.2. The van der Waals surface area contributed by atoms with Crippen LogP contribution in [0.3, 0.4) is 0 Å². The topological polar surface area (TPSA) is 72.8 Å². The highest BCUT2D eigenvalue weighted by molar-refractivity contribution is 5.86. The number of aliphatic hydroxyl groups is 1. The van der Waals surface area contributed by atoms with Crippen molar-refractivity contribution in [3.8, 4) is 11.1 Å². The largest absolute Gasteiger partial charge is 0.465 e. The fourth-order valence-corrected chi connectivity index (χ4v) is 8.31. The molecular formula is C44H62F2O5. The van der Waals surface area contributed by atoms with E-state index < -0.39 is 29.0 Å². The number of aliphatic hydroxyl groups excluding tert-OH is 1. The van der Waals surface area contributed by atoms with Crippen LogP contribution in [0.15, 0.2) is 42.5 Å². The summed E-state index contributed by atoms with van der Waals surface area (Å²) in [6.45, 7) is 12.9. The molecular weight excluding hydrogens is 646 g/mol. The van der Waals surface area contributed by atoms with Crippen LogP contribution in [0.25, 0.3) is 11.1 Å². The molecule has 0 radical (unpaired) electrons. The van der Waals surface area contributed by atoms with E-state index in [9.17, 15) is 14.7 Å². The summed E-state index contributed by atoms with van der Waals surface area (Å²) < 4.78 is 41.5. The third-order valence-corrected chi connectivity index (χ3v) is 11.6. The molecule has 0 heterocycles. The SMILES string of the molecule is C=C(C)C(=O)OCC(COC(=O)C(C)(C)CO)CC1CCC(C2CCC(c3ccc(-c4c(F)cc(CCCCC)cc4F)cc3CC)CC2)CC1. The fraction of sp³-hybridized carbons (Fsp3) is 0.636. The number of carbonyl (C=O) groups is 2. The van der Waals surface area contributed by atoms with E-state index in [0.717, 1.165) is 63.4 Å². The molecule has 0 spiro atoms. The van der Waals surface area contributed by atoms with Gasteiger partial charge in [-0.3, -0.25) is 4.79 Å². The molecule has 0 bridgehead atoms. The lowest BCUT2D eigenvalue weighted by Crippen LogP contribution is -2.33. The number of hydrogen-bond donors (Lipinski definition) is 1. The molecule has 2 aromatic rings. The van der Waals surface area contributed by atoms with Gasteiger partial charge in [0.25, 0.3) is 0 Å². The van der Waals surface area contributed by atoms with Gasteiger partial charge in [0, 0.05) is 11.5 Å². The van der Waals surface area contributed by atoms with Crippen LogP contribution in [-0.2, 0) is 31.9 Å². The Labute approximate surface area is 305 Å². The summed E-state index contributed by atoms with van der Waals surface area (Å²) in [6, 6.07) is 9.09. The van der Waals surface area contributed by atoms with Crippen molar-refractivity contribution >= 4 is 11.9 Å². The van der Waals surface area contributed by atoms with E-state index >= 15 is 8.78 Å². The number of rotatable bonds is 17. The molecule has 2 aliphatic carbocycles. The average Bonchev–Trinajstić information content (AvgIpc) is 3.12. The Kier molecular flexibility index (Phi) is 15.3. The summed E-state index contributed by atoms with van der Waals surface area (Å²) >= 11 is 0. The Morgan fingerprint density at radius 1 is 0.902 bits per heavy atom. The second-order valence-electron chi connectivity index (χ2n) is 16.2. The molecule has 0 aliphatic heterocycles. The van der Waals surface area contributed by atoms with E-state index in [0.29, 0.717) is 41.2 Å². The molecule has 2 aliphatic rings. The molecule has 2 fully saturated rings. The smallest absolute Gasteiger partial charge is 0.333 e. The van der Waals surface area contributed by atoms with Gasteiger partial charge < -0.3 is 14.6 Å². The molecule has 0 amide bonds. The maximum absolute atomic E-state index is 15.2. The van der Waals surface area contributed by atoms with Crippen molar-refractivity contribution in [1.82, 2.24) is 0 Å². The van der Waals surface area contributed by atoms with Crippen molar-refractivity contribution in [2.24, 2.45) is 29.1 Å². The van der Waals surface area contributed by atoms with Gasteiger partial charge in [-0.25, -0.2) is 13.6 Å². The number of benzene rings is 2. The zero-order valence-electron chi connectivity index (χ0n) is 31.8. The molecule has 4 rings (SSSR count). The highest BCUT2D eigenvalue weighted by Crippen LogP contribution is 2.46. The van der Waals surface area contributed by atoms with Crippen molar-refractivity contribution in [2.75, 3.05) is 19.8 Å². The van der Waals surface area contributed by atoms with Crippen molar-refractivity contribution in [3.05, 3.63) is 70.8 Å². The van der Waals surface area contributed by atoms with E-state index in [2.05, 4.69) is 26.5 Å². The lowest BCUT2D eigenvalue weighted by molar-refractivity contribution is -0.158. The number of carbonyl (C=O) groups excluding carboxylic acids is 2. The van der Waals surface area contributed by atoms with E-state index in [4.69, 9.17) is 9.47 Å². The monoisotopic (exact) mass is 708 g/mol. The van der Waals surface area contributed by atoms with Gasteiger partial charge in [-0.2, -0.15) is 0 Å². The van der Waals surface area contributed by atoms with E-state index in [1.54, 1.807) is 20.8 Å². The predicted molar refractivity (Wildman–Crippen MR) is 200 cm³/mol. The molecule has 5 nitrogen and oxygen atoms in total. The summed E-state index contributed by atoms with van der Waals surface area (Å²) in [6.07, 6.45) is 14.7. The number of unbranched alkanes of at least 4 members (excludes halogenated alkanes) is 2. The zero-order chi connectivity index (χ0) is 37.1. The van der Waals surface area contributed by atoms with Crippen molar-refractivity contribution < 1.29 is 33.0 Å². The average molecular weight is 709 g/mol. The van der Waals surface area contributed by atoms with Crippen LogP contribution in [0, 0.1) is 40.7 Å². The molecule has 2 aromatic carbocycles. The van der Waals surface area contributed by atoms with Crippen LogP contribution in [0.1, 0.15) is 134 Å². The van der Waals surface area contributed by atoms with Gasteiger partial charge in [0.1, 0.15) is 11.6 Å². The molecule has 1 unspecified atom stereocenters. The molecule has 282 valence electrons. The van der Waals surface area contributed by atoms with E-state index in [-0.39, 0.29) is 31.3 Å². The standard InChI is InChI=1S/C44H62F2O5/c1-7-9-10-11-31-23-39(45)41(40(46)24-31)37-20-21-38(33(8-2)25-37)36-18-16-35(17-19-36)34-14-12-30(13-15-34)22-32(26-50-42(48)29(3)4)27-51-43(49)44(5,6)28-47/h20-21,23-25,30,32,34-36,47H,3,7-19,22,26-28H2,1-2,4-6H3. The number of ether oxygens (including phenoxy) is 2. The minimum Gasteiger partial charge on any atom is -0.465 e. The van der Waals surface area contributed by atoms with Gasteiger partial charge in [-0.05, 0) is 143 Å². The Hall–Kier alpha value is -3.06. The first-order valence-electron chi connectivity index (χ1n) is 19.6. The summed E-state index contributed by atoms with van der Waals surface area (Å²) in [5.74, 6) is 0.422. The summed E-state index contributed by atoms with van der Waals surface area (Å²) in [5, 5.41) is 9.55. The molecule has 1 N–H and O–H groups in total. The number of halogens is 2. The highest BCUT2D eigenvalue weighted by Gasteiger charge is 2.34. The van der Waals surface area contributed by atoms with Gasteiger partial charge >= 0.3 is 11.9 Å². The molecule has 0 saturated heterocycles. The van der Waals surface area contributed by atoms with Gasteiger partial charge in [-0.15, -0.1) is 0 Å². The Bertz CT molecular complexity index is 1440. The van der Waals surface area contributed by atoms with E-state index in [1.807, 2.05) is 12.1 Å². The molecule has 0 aromatic heterocycles. The number of hydrogen-bond acceptors (Lipinski definition) is 5. The Morgan fingerprint density at radius 3 is 2.08 bits per heavy atom. The Balaban J connectivity index is 1.31. The van der Waals surface area contributed by atoms with Crippen LogP contribution >= 0.6 is 0 Å². The molecule has 51 heavy (non-hydrogen) atoms. The van der Waals surface area contributed by atoms with Gasteiger partial charge in [0.15, 0.2) is 0 Å². The third kappa shape index (κ3) is 11.2. The van der Waals surface area contributed by atoms with Gasteiger partial charge in [0.2, 0.25) is 0 Å². The quantitative estimate of drug-likeness (QED) is 0.101. The van der Waals surface area contributed by atoms with Crippen molar-refractivity contribution in [3.63, 3.8) is 0 Å². The second kappa shape index (κ2) is 19.1. The maximum Gasteiger partial charge on any atom is 0.333 e. The first-order valence-corrected chi connectivity index (χ1v) is 19.6. The van der Waals surface area contributed by atoms with Crippen LogP contribution < -0.4 is 0 Å². The normalized spacial score (nSPS) is 21.6. The van der Waals surface area contributed by atoms with Gasteiger partial charge in [0.05, 0.1) is 30.8 Å². The minimum atomic E-state index is -0.976. The lowest BCUT2D eigenvalue weighted by Gasteiger charge is -2.39. The first-order chi connectivity index (χ1) is 24.4. The van der Waals surface area contributed by atoms with Crippen LogP contribution in [0.4, 0.5) is 8.78 Å². The maximum atomic E-state index is 15.2. The fourth-order valence-electron chi connectivity index (χ4n) is 8.31. The summed E-state index contributed by atoms with van der Waals surface area (Å²) in [4.78, 5) is 24.6. The van der Waals surface area contributed by atoms with Crippen LogP contribution in [0.2, 0.25) is 0 Å². The van der Waals surface area contributed by atoms with Crippen molar-refractivity contribution in [2.45, 2.75) is 130 Å². The first kappa shape index (κ1) is 40.7.